The van der Waals surface area contributed by atoms with Crippen LogP contribution in [-0.4, -0.2) is 16.7 Å². The van der Waals surface area contributed by atoms with E-state index in [2.05, 4.69) is 0 Å². The Morgan fingerprint density at radius 1 is 1.36 bits per heavy atom. The van der Waals surface area contributed by atoms with E-state index in [0.717, 1.165) is 19.3 Å². The van der Waals surface area contributed by atoms with Crippen LogP contribution in [0, 0.1) is 10.1 Å². The predicted molar refractivity (Wildman–Crippen MR) is 38.9 cm³/mol. The van der Waals surface area contributed by atoms with Crippen LogP contribution in [0.25, 0.3) is 0 Å². The maximum absolute atomic E-state index is 11.0. The van der Waals surface area contributed by atoms with E-state index >= 15 is 0 Å². The zero-order valence-corrected chi connectivity index (χ0v) is 6.28. The number of nitro groups is 1. The van der Waals surface area contributed by atoms with Gasteiger partial charge in [0, 0.05) is 17.8 Å². The molecule has 62 valence electrons. The first-order valence-corrected chi connectivity index (χ1v) is 3.88. The molecule has 1 rings (SSSR count). The molecule has 0 aliphatic heterocycles. The van der Waals surface area contributed by atoms with Crippen LogP contribution < -0.4 is 0 Å². The Hall–Kier alpha value is -0.930. The molecule has 1 fully saturated rings. The number of Topliss-reactive ketones (excluding diaryl/α,β-unsaturated/α-hetero) is 1. The van der Waals surface area contributed by atoms with Gasteiger partial charge in [-0.15, -0.1) is 0 Å². The maximum atomic E-state index is 11.0. The lowest BCUT2D eigenvalue weighted by Crippen LogP contribution is -2.27. The third-order valence-corrected chi connectivity index (χ3v) is 2.03. The number of hydrogen-bond donors (Lipinski definition) is 0. The Bertz CT molecular complexity index is 179. The van der Waals surface area contributed by atoms with Crippen molar-refractivity contribution in [3.63, 3.8) is 0 Å². The Morgan fingerprint density at radius 3 is 2.73 bits per heavy atom. The molecule has 0 bridgehead atoms. The van der Waals surface area contributed by atoms with Crippen LogP contribution in [-0.2, 0) is 4.79 Å². The fraction of sp³-hybridized carbons (Fsp3) is 0.857. The molecule has 1 saturated carbocycles. The molecule has 0 amide bonds. The van der Waals surface area contributed by atoms with Crippen LogP contribution >= 0.6 is 0 Å². The number of hydrogen-bond acceptors (Lipinski definition) is 3. The lowest BCUT2D eigenvalue weighted by atomic mass is 10.1. The molecular weight excluding hydrogens is 146 g/mol. The lowest BCUT2D eigenvalue weighted by Gasteiger charge is -2.02. The summed E-state index contributed by atoms with van der Waals surface area (Å²) in [5.41, 5.74) is 0. The van der Waals surface area contributed by atoms with Gasteiger partial charge in [0.15, 0.2) is 0 Å². The highest BCUT2D eigenvalue weighted by Crippen LogP contribution is 2.16. The Balaban J connectivity index is 2.59. The van der Waals surface area contributed by atoms with Gasteiger partial charge >= 0.3 is 0 Å². The van der Waals surface area contributed by atoms with Gasteiger partial charge in [-0.1, -0.05) is 6.42 Å². The van der Waals surface area contributed by atoms with Crippen molar-refractivity contribution >= 4 is 5.78 Å². The molecule has 1 atom stereocenters. The van der Waals surface area contributed by atoms with Crippen LogP contribution in [0.15, 0.2) is 0 Å². The van der Waals surface area contributed by atoms with E-state index < -0.39 is 11.0 Å². The van der Waals surface area contributed by atoms with Crippen LogP contribution in [0.4, 0.5) is 0 Å². The first kappa shape index (κ1) is 8.17. The Labute approximate surface area is 64.7 Å². The summed E-state index contributed by atoms with van der Waals surface area (Å²) in [4.78, 5) is 20.9. The molecule has 0 aromatic heterocycles. The highest BCUT2D eigenvalue weighted by molar-refractivity contribution is 5.82. The Kier molecular flexibility index (Phi) is 2.57. The monoisotopic (exact) mass is 157 g/mol. The van der Waals surface area contributed by atoms with E-state index in [1.165, 1.54) is 0 Å². The van der Waals surface area contributed by atoms with Crippen molar-refractivity contribution in [2.45, 2.75) is 38.1 Å². The minimum absolute atomic E-state index is 0.187. The van der Waals surface area contributed by atoms with Crippen molar-refractivity contribution in [2.24, 2.45) is 0 Å². The van der Waals surface area contributed by atoms with Gasteiger partial charge in [0.1, 0.15) is 0 Å². The molecule has 4 nitrogen and oxygen atoms in total. The summed E-state index contributed by atoms with van der Waals surface area (Å²) >= 11 is 0. The molecule has 0 unspecified atom stereocenters. The predicted octanol–water partition coefficient (Wildman–Crippen LogP) is 1.16. The molecular formula is C7H11NO3. The molecule has 0 aromatic rings. The second-order valence-electron chi connectivity index (χ2n) is 2.87. The number of nitrogens with zero attached hydrogens (tertiary/aromatic N) is 1. The zero-order valence-electron chi connectivity index (χ0n) is 6.28. The fourth-order valence-electron chi connectivity index (χ4n) is 1.36. The van der Waals surface area contributed by atoms with Gasteiger partial charge in [0.25, 0.3) is 6.04 Å². The van der Waals surface area contributed by atoms with Crippen LogP contribution in [0.1, 0.15) is 32.1 Å². The number of carbonyl (C=O) groups excluding carboxylic acids is 1. The van der Waals surface area contributed by atoms with Gasteiger partial charge in [-0.25, -0.2) is 0 Å². The number of carbonyl (C=O) groups is 1. The largest absolute Gasteiger partial charge is 0.292 e. The highest BCUT2D eigenvalue weighted by atomic mass is 16.6. The second-order valence-corrected chi connectivity index (χ2v) is 2.87. The molecule has 0 aromatic carbocycles. The van der Waals surface area contributed by atoms with Gasteiger partial charge in [-0.2, -0.15) is 0 Å². The molecule has 0 spiro atoms. The van der Waals surface area contributed by atoms with Gasteiger partial charge in [0.05, 0.1) is 0 Å². The minimum Gasteiger partial charge on any atom is -0.292 e. The third kappa shape index (κ3) is 2.00. The van der Waals surface area contributed by atoms with Crippen molar-refractivity contribution in [2.75, 3.05) is 0 Å². The van der Waals surface area contributed by atoms with Crippen LogP contribution in [0.5, 0.6) is 0 Å². The van der Waals surface area contributed by atoms with Crippen molar-refractivity contribution in [1.82, 2.24) is 0 Å². The van der Waals surface area contributed by atoms with Gasteiger partial charge in [-0.05, 0) is 12.8 Å². The van der Waals surface area contributed by atoms with Crippen molar-refractivity contribution in [3.8, 4) is 0 Å². The number of ketones is 1. The number of rotatable bonds is 1. The van der Waals surface area contributed by atoms with E-state index in [4.69, 9.17) is 0 Å². The highest BCUT2D eigenvalue weighted by Gasteiger charge is 2.29. The molecule has 0 N–H and O–H groups in total. The van der Waals surface area contributed by atoms with E-state index in [1.807, 2.05) is 0 Å². The molecule has 1 aliphatic carbocycles. The van der Waals surface area contributed by atoms with Crippen LogP contribution in [0.3, 0.4) is 0 Å². The normalized spacial score (nSPS) is 26.2. The van der Waals surface area contributed by atoms with Gasteiger partial charge in [-0.3, -0.25) is 14.9 Å². The maximum Gasteiger partial charge on any atom is 0.270 e. The molecule has 0 heterocycles. The molecule has 0 saturated heterocycles. The van der Waals surface area contributed by atoms with E-state index in [9.17, 15) is 14.9 Å². The van der Waals surface area contributed by atoms with Crippen LogP contribution in [0.2, 0.25) is 0 Å². The quantitative estimate of drug-likeness (QED) is 0.326. The zero-order chi connectivity index (χ0) is 8.27. The van der Waals surface area contributed by atoms with E-state index in [0.29, 0.717) is 12.8 Å². The fourth-order valence-corrected chi connectivity index (χ4v) is 1.36. The SMILES string of the molecule is O=C1CCCCC[C@H]1[N+](=O)[O-]. The average molecular weight is 157 g/mol. The first-order valence-electron chi connectivity index (χ1n) is 3.88. The van der Waals surface area contributed by atoms with E-state index in [1.54, 1.807) is 0 Å². The summed E-state index contributed by atoms with van der Waals surface area (Å²) in [6.45, 7) is 0. The lowest BCUT2D eigenvalue weighted by molar-refractivity contribution is -0.508. The van der Waals surface area contributed by atoms with Crippen molar-refractivity contribution in [1.29, 1.82) is 0 Å². The summed E-state index contributed by atoms with van der Waals surface area (Å²) in [7, 11) is 0. The van der Waals surface area contributed by atoms with Crippen molar-refractivity contribution < 1.29 is 9.72 Å². The standard InChI is InChI=1S/C7H11NO3/c9-7-5-3-1-2-4-6(7)8(10)11/h6H,1-5H2/t6-/m1/s1. The van der Waals surface area contributed by atoms with E-state index in [-0.39, 0.29) is 5.78 Å². The smallest absolute Gasteiger partial charge is 0.270 e. The van der Waals surface area contributed by atoms with Gasteiger partial charge < -0.3 is 0 Å². The second kappa shape index (κ2) is 3.46. The molecule has 0 radical (unpaired) electrons. The topological polar surface area (TPSA) is 60.2 Å². The van der Waals surface area contributed by atoms with Gasteiger partial charge in [0.2, 0.25) is 5.78 Å². The Morgan fingerprint density at radius 2 is 2.09 bits per heavy atom. The van der Waals surface area contributed by atoms with Crippen molar-refractivity contribution in [3.05, 3.63) is 10.1 Å². The summed E-state index contributed by atoms with van der Waals surface area (Å²) < 4.78 is 0. The summed E-state index contributed by atoms with van der Waals surface area (Å²) in [5.74, 6) is -0.187. The summed E-state index contributed by atoms with van der Waals surface area (Å²) in [6.07, 6.45) is 3.42. The summed E-state index contributed by atoms with van der Waals surface area (Å²) in [5, 5.41) is 10.3. The molecule has 4 heteroatoms. The summed E-state index contributed by atoms with van der Waals surface area (Å²) in [6, 6.07) is -0.905. The first-order chi connectivity index (χ1) is 5.22. The average Bonchev–Trinajstić information content (AvgIpc) is 2.13. The minimum atomic E-state index is -0.905. The molecule has 11 heavy (non-hydrogen) atoms. The molecule has 1 aliphatic rings. The third-order valence-electron chi connectivity index (χ3n) is 2.03.